The van der Waals surface area contributed by atoms with Crippen molar-refractivity contribution in [2.24, 2.45) is 0 Å². The molecule has 0 spiro atoms. The minimum atomic E-state index is 0.173. The fourth-order valence-electron chi connectivity index (χ4n) is 1.35. The van der Waals surface area contributed by atoms with Gasteiger partial charge in [-0.1, -0.05) is 43.3 Å². The highest BCUT2D eigenvalue weighted by Crippen LogP contribution is 2.22. The Labute approximate surface area is 109 Å². The van der Waals surface area contributed by atoms with Gasteiger partial charge in [0.1, 0.15) is 5.44 Å². The maximum absolute atomic E-state index is 5.66. The van der Waals surface area contributed by atoms with Crippen LogP contribution in [0.5, 0.6) is 0 Å². The molecule has 0 N–H and O–H groups in total. The van der Waals surface area contributed by atoms with Gasteiger partial charge in [-0.3, -0.25) is 0 Å². The Morgan fingerprint density at radius 2 is 1.88 bits per heavy atom. The molecule has 1 rings (SSSR count). The Balaban J connectivity index is 2.03. The molecule has 0 fully saturated rings. The zero-order valence-electron chi connectivity index (χ0n) is 10.7. The van der Waals surface area contributed by atoms with E-state index in [0.717, 1.165) is 13.0 Å². The van der Waals surface area contributed by atoms with Crippen molar-refractivity contribution < 1.29 is 9.47 Å². The molecule has 1 atom stereocenters. The Bertz CT molecular complexity index is 277. The minimum Gasteiger partial charge on any atom is -0.379 e. The van der Waals surface area contributed by atoms with E-state index in [2.05, 4.69) is 26.0 Å². The largest absolute Gasteiger partial charge is 0.379 e. The van der Waals surface area contributed by atoms with Gasteiger partial charge in [0.2, 0.25) is 0 Å². The van der Waals surface area contributed by atoms with Crippen LogP contribution < -0.4 is 0 Å². The molecule has 0 aliphatic carbocycles. The van der Waals surface area contributed by atoms with E-state index in [1.54, 1.807) is 11.8 Å². The Morgan fingerprint density at radius 1 is 1.12 bits per heavy atom. The molecule has 0 radical (unpaired) electrons. The van der Waals surface area contributed by atoms with Crippen LogP contribution in [-0.2, 0) is 9.47 Å². The van der Waals surface area contributed by atoms with E-state index >= 15 is 0 Å². The van der Waals surface area contributed by atoms with E-state index in [0.29, 0.717) is 13.2 Å². The highest BCUT2D eigenvalue weighted by Gasteiger charge is 2.03. The molecular formula is C14H22O2S. The number of thioether (sulfide) groups is 1. The first-order valence-corrected chi connectivity index (χ1v) is 7.12. The van der Waals surface area contributed by atoms with Crippen molar-refractivity contribution in [3.05, 3.63) is 30.3 Å². The molecule has 1 unspecified atom stereocenters. The first kappa shape index (κ1) is 14.6. The van der Waals surface area contributed by atoms with Crippen LogP contribution >= 0.6 is 11.8 Å². The molecule has 0 bridgehead atoms. The van der Waals surface area contributed by atoms with E-state index < -0.39 is 0 Å². The van der Waals surface area contributed by atoms with Crippen LogP contribution in [-0.4, -0.2) is 25.3 Å². The summed E-state index contributed by atoms with van der Waals surface area (Å²) >= 11 is 1.73. The first-order chi connectivity index (χ1) is 8.33. The molecule has 0 amide bonds. The fraction of sp³-hybridized carbons (Fsp3) is 0.571. The molecule has 0 aromatic heterocycles. The van der Waals surface area contributed by atoms with E-state index in [9.17, 15) is 0 Å². The quantitative estimate of drug-likeness (QED) is 0.377. The highest BCUT2D eigenvalue weighted by atomic mass is 32.2. The molecule has 1 aromatic rings. The van der Waals surface area contributed by atoms with Gasteiger partial charge in [-0.05, 0) is 25.5 Å². The highest BCUT2D eigenvalue weighted by molar-refractivity contribution is 7.99. The van der Waals surface area contributed by atoms with Crippen LogP contribution in [0.15, 0.2) is 35.2 Å². The number of hydrogen-bond acceptors (Lipinski definition) is 3. The summed E-state index contributed by atoms with van der Waals surface area (Å²) in [5.74, 6) is 0. The average molecular weight is 254 g/mol. The zero-order valence-corrected chi connectivity index (χ0v) is 11.5. The molecule has 0 heterocycles. The van der Waals surface area contributed by atoms with Gasteiger partial charge in [0.15, 0.2) is 0 Å². The van der Waals surface area contributed by atoms with Gasteiger partial charge in [-0.2, -0.15) is 0 Å². The summed E-state index contributed by atoms with van der Waals surface area (Å²) in [7, 11) is 0. The smallest absolute Gasteiger partial charge is 0.105 e. The van der Waals surface area contributed by atoms with E-state index in [-0.39, 0.29) is 5.44 Å². The molecule has 2 nitrogen and oxygen atoms in total. The second-order valence-electron chi connectivity index (χ2n) is 3.84. The van der Waals surface area contributed by atoms with E-state index in [1.807, 2.05) is 18.2 Å². The predicted molar refractivity (Wildman–Crippen MR) is 73.4 cm³/mol. The Hall–Kier alpha value is -0.510. The second kappa shape index (κ2) is 9.51. The summed E-state index contributed by atoms with van der Waals surface area (Å²) in [5.41, 5.74) is 0.173. The summed E-state index contributed by atoms with van der Waals surface area (Å²) in [6.07, 6.45) is 2.31. The maximum atomic E-state index is 5.66. The summed E-state index contributed by atoms with van der Waals surface area (Å²) < 4.78 is 11.1. The van der Waals surface area contributed by atoms with E-state index in [1.165, 1.54) is 11.3 Å². The monoisotopic (exact) mass is 254 g/mol. The van der Waals surface area contributed by atoms with Gasteiger partial charge < -0.3 is 9.47 Å². The number of unbranched alkanes of at least 4 members (excludes halogenated alkanes) is 1. The third kappa shape index (κ3) is 7.42. The molecule has 0 aliphatic heterocycles. The number of ether oxygens (including phenoxy) is 2. The van der Waals surface area contributed by atoms with Gasteiger partial charge in [-0.25, -0.2) is 0 Å². The molecule has 0 saturated heterocycles. The minimum absolute atomic E-state index is 0.173. The predicted octanol–water partition coefficient (Wildman–Crippen LogP) is 3.96. The van der Waals surface area contributed by atoms with Crippen molar-refractivity contribution in [1.29, 1.82) is 0 Å². The molecule has 1 aromatic carbocycles. The van der Waals surface area contributed by atoms with Gasteiger partial charge in [0.25, 0.3) is 0 Å². The number of benzene rings is 1. The van der Waals surface area contributed by atoms with Crippen LogP contribution in [0.1, 0.15) is 26.7 Å². The van der Waals surface area contributed by atoms with Crippen molar-refractivity contribution in [2.45, 2.75) is 37.0 Å². The number of rotatable bonds is 9. The third-order valence-corrected chi connectivity index (χ3v) is 3.28. The summed E-state index contributed by atoms with van der Waals surface area (Å²) in [5, 5.41) is 0. The molecule has 17 heavy (non-hydrogen) atoms. The average Bonchev–Trinajstić information content (AvgIpc) is 2.35. The van der Waals surface area contributed by atoms with Crippen LogP contribution in [0, 0.1) is 0 Å². The molecular weight excluding hydrogens is 232 g/mol. The zero-order chi connectivity index (χ0) is 12.3. The summed E-state index contributed by atoms with van der Waals surface area (Å²) in [6, 6.07) is 10.3. The van der Waals surface area contributed by atoms with Crippen molar-refractivity contribution in [1.82, 2.24) is 0 Å². The van der Waals surface area contributed by atoms with Crippen LogP contribution in [0.25, 0.3) is 0 Å². The first-order valence-electron chi connectivity index (χ1n) is 6.24. The van der Waals surface area contributed by atoms with Crippen molar-refractivity contribution in [3.63, 3.8) is 0 Å². The second-order valence-corrected chi connectivity index (χ2v) is 5.21. The molecule has 0 saturated carbocycles. The summed E-state index contributed by atoms with van der Waals surface area (Å²) in [6.45, 7) is 6.45. The lowest BCUT2D eigenvalue weighted by Crippen LogP contribution is -2.10. The third-order valence-electron chi connectivity index (χ3n) is 2.27. The lowest BCUT2D eigenvalue weighted by molar-refractivity contribution is 0.0415. The number of hydrogen-bond donors (Lipinski definition) is 0. The molecule has 0 aliphatic rings. The molecule has 96 valence electrons. The maximum Gasteiger partial charge on any atom is 0.105 e. The fourth-order valence-corrected chi connectivity index (χ4v) is 2.21. The van der Waals surface area contributed by atoms with Gasteiger partial charge in [0.05, 0.1) is 13.2 Å². The summed E-state index contributed by atoms with van der Waals surface area (Å²) in [4.78, 5) is 1.24. The Morgan fingerprint density at radius 3 is 2.59 bits per heavy atom. The lowest BCUT2D eigenvalue weighted by atomic mass is 10.4. The normalized spacial score (nSPS) is 12.6. The van der Waals surface area contributed by atoms with Gasteiger partial charge in [0, 0.05) is 11.5 Å². The van der Waals surface area contributed by atoms with Crippen LogP contribution in [0.4, 0.5) is 0 Å². The SMILES string of the molecule is CCCCOCCOC(C)Sc1ccccc1. The van der Waals surface area contributed by atoms with Crippen molar-refractivity contribution in [3.8, 4) is 0 Å². The molecule has 3 heteroatoms. The lowest BCUT2D eigenvalue weighted by Gasteiger charge is -2.12. The Kier molecular flexibility index (Phi) is 8.14. The van der Waals surface area contributed by atoms with Crippen molar-refractivity contribution >= 4 is 11.8 Å². The van der Waals surface area contributed by atoms with Crippen molar-refractivity contribution in [2.75, 3.05) is 19.8 Å². The van der Waals surface area contributed by atoms with Crippen LogP contribution in [0.2, 0.25) is 0 Å². The van der Waals surface area contributed by atoms with Gasteiger partial charge >= 0.3 is 0 Å². The van der Waals surface area contributed by atoms with E-state index in [4.69, 9.17) is 9.47 Å². The van der Waals surface area contributed by atoms with Gasteiger partial charge in [-0.15, -0.1) is 0 Å². The van der Waals surface area contributed by atoms with Crippen LogP contribution in [0.3, 0.4) is 0 Å². The standard InChI is InChI=1S/C14H22O2S/c1-3-4-10-15-11-12-16-13(2)17-14-8-6-5-7-9-14/h5-9,13H,3-4,10-12H2,1-2H3. The topological polar surface area (TPSA) is 18.5 Å².